The van der Waals surface area contributed by atoms with Crippen molar-refractivity contribution < 1.29 is 13.6 Å². The SMILES string of the molecule is O=C(Cc1ccc(F)cc1F)C1CCc2ccccc21. The average molecular weight is 272 g/mol. The lowest BCUT2D eigenvalue weighted by Gasteiger charge is -2.11. The zero-order valence-electron chi connectivity index (χ0n) is 10.9. The molecular formula is C17H14F2O. The molecular weight excluding hydrogens is 258 g/mol. The Morgan fingerprint density at radius 3 is 2.75 bits per heavy atom. The summed E-state index contributed by atoms with van der Waals surface area (Å²) in [6.07, 6.45) is 1.69. The summed E-state index contributed by atoms with van der Waals surface area (Å²) in [7, 11) is 0. The molecule has 0 fully saturated rings. The van der Waals surface area contributed by atoms with Crippen molar-refractivity contribution in [2.75, 3.05) is 0 Å². The Balaban J connectivity index is 1.81. The third-order valence-corrected chi connectivity index (χ3v) is 3.90. The number of halogens is 2. The lowest BCUT2D eigenvalue weighted by Crippen LogP contribution is -2.13. The summed E-state index contributed by atoms with van der Waals surface area (Å²) in [6, 6.07) is 11.2. The van der Waals surface area contributed by atoms with Crippen LogP contribution in [0.3, 0.4) is 0 Å². The first-order valence-corrected chi connectivity index (χ1v) is 6.69. The van der Waals surface area contributed by atoms with Gasteiger partial charge in [0.25, 0.3) is 0 Å². The molecule has 2 aromatic carbocycles. The minimum Gasteiger partial charge on any atom is -0.299 e. The Morgan fingerprint density at radius 1 is 1.15 bits per heavy atom. The number of rotatable bonds is 3. The highest BCUT2D eigenvalue weighted by atomic mass is 19.1. The summed E-state index contributed by atoms with van der Waals surface area (Å²) in [5.41, 5.74) is 2.52. The molecule has 1 aliphatic carbocycles. The normalized spacial score (nSPS) is 17.0. The maximum Gasteiger partial charge on any atom is 0.144 e. The van der Waals surface area contributed by atoms with Crippen molar-refractivity contribution in [2.45, 2.75) is 25.2 Å². The first kappa shape index (κ1) is 13.0. The van der Waals surface area contributed by atoms with Gasteiger partial charge in [-0.25, -0.2) is 8.78 Å². The number of fused-ring (bicyclic) bond motifs is 1. The van der Waals surface area contributed by atoms with Crippen molar-refractivity contribution >= 4 is 5.78 Å². The molecule has 1 unspecified atom stereocenters. The van der Waals surface area contributed by atoms with Crippen molar-refractivity contribution in [1.29, 1.82) is 0 Å². The molecule has 1 aliphatic rings. The topological polar surface area (TPSA) is 17.1 Å². The number of carbonyl (C=O) groups excluding carboxylic acids is 1. The zero-order chi connectivity index (χ0) is 14.1. The predicted octanol–water partition coefficient (Wildman–Crippen LogP) is 3.81. The summed E-state index contributed by atoms with van der Waals surface area (Å²) in [4.78, 5) is 12.4. The first-order chi connectivity index (χ1) is 9.65. The number of benzene rings is 2. The van der Waals surface area contributed by atoms with Crippen LogP contribution in [0.2, 0.25) is 0 Å². The van der Waals surface area contributed by atoms with Crippen LogP contribution in [0.4, 0.5) is 8.78 Å². The number of aryl methyl sites for hydroxylation is 1. The number of ketones is 1. The van der Waals surface area contributed by atoms with Gasteiger partial charge in [-0.15, -0.1) is 0 Å². The van der Waals surface area contributed by atoms with Gasteiger partial charge in [0.2, 0.25) is 0 Å². The van der Waals surface area contributed by atoms with Crippen LogP contribution in [0.1, 0.15) is 29.0 Å². The van der Waals surface area contributed by atoms with Crippen LogP contribution in [0.15, 0.2) is 42.5 Å². The fourth-order valence-electron chi connectivity index (χ4n) is 2.87. The molecule has 0 heterocycles. The zero-order valence-corrected chi connectivity index (χ0v) is 10.9. The molecule has 0 aliphatic heterocycles. The van der Waals surface area contributed by atoms with Gasteiger partial charge < -0.3 is 0 Å². The molecule has 0 saturated carbocycles. The van der Waals surface area contributed by atoms with Crippen LogP contribution in [0.25, 0.3) is 0 Å². The summed E-state index contributed by atoms with van der Waals surface area (Å²) >= 11 is 0. The van der Waals surface area contributed by atoms with E-state index in [1.165, 1.54) is 17.7 Å². The third-order valence-electron chi connectivity index (χ3n) is 3.90. The van der Waals surface area contributed by atoms with Gasteiger partial charge in [-0.1, -0.05) is 30.3 Å². The van der Waals surface area contributed by atoms with Crippen molar-refractivity contribution in [3.05, 3.63) is 70.8 Å². The number of Topliss-reactive ketones (excluding diaryl/α,β-unsaturated/α-hetero) is 1. The molecule has 3 rings (SSSR count). The van der Waals surface area contributed by atoms with Crippen LogP contribution in [-0.4, -0.2) is 5.78 Å². The Labute approximate surface area is 116 Å². The van der Waals surface area contributed by atoms with Crippen LogP contribution in [0.5, 0.6) is 0 Å². The molecule has 0 saturated heterocycles. The number of carbonyl (C=O) groups is 1. The van der Waals surface area contributed by atoms with E-state index in [-0.39, 0.29) is 23.7 Å². The monoisotopic (exact) mass is 272 g/mol. The fraction of sp³-hybridized carbons (Fsp3) is 0.235. The average Bonchev–Trinajstić information content (AvgIpc) is 2.86. The Morgan fingerprint density at radius 2 is 1.95 bits per heavy atom. The third kappa shape index (κ3) is 2.36. The number of hydrogen-bond donors (Lipinski definition) is 0. The minimum absolute atomic E-state index is 0.000424. The second-order valence-electron chi connectivity index (χ2n) is 5.17. The molecule has 0 amide bonds. The van der Waals surface area contributed by atoms with Crippen LogP contribution >= 0.6 is 0 Å². The Kier molecular flexibility index (Phi) is 3.35. The Bertz CT molecular complexity index is 664. The fourth-order valence-corrected chi connectivity index (χ4v) is 2.87. The molecule has 1 nitrogen and oxygen atoms in total. The van der Waals surface area contributed by atoms with E-state index >= 15 is 0 Å². The van der Waals surface area contributed by atoms with E-state index in [0.717, 1.165) is 24.5 Å². The predicted molar refractivity (Wildman–Crippen MR) is 72.6 cm³/mol. The molecule has 0 N–H and O–H groups in total. The maximum atomic E-state index is 13.6. The van der Waals surface area contributed by atoms with Gasteiger partial charge in [0.05, 0.1) is 0 Å². The van der Waals surface area contributed by atoms with Gasteiger partial charge in [-0.2, -0.15) is 0 Å². The quantitative estimate of drug-likeness (QED) is 0.830. The highest BCUT2D eigenvalue weighted by Crippen LogP contribution is 2.34. The molecule has 0 spiro atoms. The van der Waals surface area contributed by atoms with Gasteiger partial charge >= 0.3 is 0 Å². The van der Waals surface area contributed by atoms with Crippen molar-refractivity contribution in [2.24, 2.45) is 0 Å². The molecule has 102 valence electrons. The molecule has 2 aromatic rings. The largest absolute Gasteiger partial charge is 0.299 e. The number of hydrogen-bond acceptors (Lipinski definition) is 1. The van der Waals surface area contributed by atoms with E-state index < -0.39 is 11.6 Å². The van der Waals surface area contributed by atoms with Crippen molar-refractivity contribution in [1.82, 2.24) is 0 Å². The summed E-state index contributed by atoms with van der Waals surface area (Å²) < 4.78 is 26.5. The van der Waals surface area contributed by atoms with E-state index in [0.29, 0.717) is 0 Å². The summed E-state index contributed by atoms with van der Waals surface area (Å²) in [5, 5.41) is 0. The van der Waals surface area contributed by atoms with Gasteiger partial charge in [0.1, 0.15) is 17.4 Å². The van der Waals surface area contributed by atoms with Gasteiger partial charge in [-0.05, 0) is 35.6 Å². The van der Waals surface area contributed by atoms with E-state index in [1.54, 1.807) is 0 Å². The van der Waals surface area contributed by atoms with E-state index in [4.69, 9.17) is 0 Å². The van der Waals surface area contributed by atoms with Crippen LogP contribution < -0.4 is 0 Å². The lowest BCUT2D eigenvalue weighted by atomic mass is 9.92. The molecule has 0 bridgehead atoms. The standard InChI is InChI=1S/C17H14F2O/c18-13-7-5-12(16(19)10-13)9-17(20)15-8-6-11-3-1-2-4-14(11)15/h1-5,7,10,15H,6,8-9H2. The molecule has 3 heteroatoms. The first-order valence-electron chi connectivity index (χ1n) is 6.69. The molecule has 0 radical (unpaired) electrons. The van der Waals surface area contributed by atoms with E-state index in [2.05, 4.69) is 0 Å². The van der Waals surface area contributed by atoms with Gasteiger partial charge in [0.15, 0.2) is 0 Å². The second-order valence-corrected chi connectivity index (χ2v) is 5.17. The van der Waals surface area contributed by atoms with E-state index in [9.17, 15) is 13.6 Å². The summed E-state index contributed by atoms with van der Waals surface area (Å²) in [5.74, 6) is -1.43. The van der Waals surface area contributed by atoms with Crippen molar-refractivity contribution in [3.8, 4) is 0 Å². The van der Waals surface area contributed by atoms with E-state index in [1.807, 2.05) is 24.3 Å². The maximum absolute atomic E-state index is 13.6. The lowest BCUT2D eigenvalue weighted by molar-refractivity contribution is -0.119. The van der Waals surface area contributed by atoms with Crippen molar-refractivity contribution in [3.63, 3.8) is 0 Å². The highest BCUT2D eigenvalue weighted by molar-refractivity contribution is 5.88. The molecule has 20 heavy (non-hydrogen) atoms. The van der Waals surface area contributed by atoms with Gasteiger partial charge in [0, 0.05) is 18.4 Å². The summed E-state index contributed by atoms with van der Waals surface area (Å²) in [6.45, 7) is 0. The van der Waals surface area contributed by atoms with Crippen LogP contribution in [0, 0.1) is 11.6 Å². The molecule has 1 atom stereocenters. The minimum atomic E-state index is -0.648. The molecule has 0 aromatic heterocycles. The Hall–Kier alpha value is -2.03. The highest BCUT2D eigenvalue weighted by Gasteiger charge is 2.28. The second kappa shape index (κ2) is 5.16. The smallest absolute Gasteiger partial charge is 0.144 e. The van der Waals surface area contributed by atoms with Gasteiger partial charge in [-0.3, -0.25) is 4.79 Å². The van der Waals surface area contributed by atoms with Crippen LogP contribution in [-0.2, 0) is 17.6 Å².